The van der Waals surface area contributed by atoms with Crippen molar-refractivity contribution >= 4 is 0 Å². The number of rotatable bonds is 2. The quantitative estimate of drug-likeness (QED) is 0.551. The van der Waals surface area contributed by atoms with Crippen molar-refractivity contribution < 1.29 is 15.3 Å². The SMILES string of the molecule is OCc1ccc(O)c(CO)n1. The fourth-order valence-corrected chi connectivity index (χ4v) is 0.744. The number of hydrogen-bond acceptors (Lipinski definition) is 4. The monoisotopic (exact) mass is 155 g/mol. The zero-order valence-electron chi connectivity index (χ0n) is 5.86. The van der Waals surface area contributed by atoms with Crippen molar-refractivity contribution in [3.05, 3.63) is 23.5 Å². The molecule has 0 saturated heterocycles. The second-order valence-electron chi connectivity index (χ2n) is 2.08. The number of hydrogen-bond donors (Lipinski definition) is 3. The molecule has 60 valence electrons. The van der Waals surface area contributed by atoms with Gasteiger partial charge in [0, 0.05) is 0 Å². The standard InChI is InChI=1S/C7H9NO3/c9-3-5-1-2-7(11)6(4-10)8-5/h1-2,9-11H,3-4H2. The molecule has 0 saturated carbocycles. The fourth-order valence-electron chi connectivity index (χ4n) is 0.744. The molecule has 4 heteroatoms. The van der Waals surface area contributed by atoms with Gasteiger partial charge in [0.15, 0.2) is 0 Å². The molecule has 0 atom stereocenters. The number of aliphatic hydroxyl groups excluding tert-OH is 2. The van der Waals surface area contributed by atoms with E-state index in [9.17, 15) is 0 Å². The lowest BCUT2D eigenvalue weighted by atomic mass is 10.3. The van der Waals surface area contributed by atoms with Crippen molar-refractivity contribution in [3.8, 4) is 5.75 Å². The van der Waals surface area contributed by atoms with Gasteiger partial charge in [0.05, 0.1) is 18.9 Å². The Bertz CT molecular complexity index is 249. The van der Waals surface area contributed by atoms with Crippen molar-refractivity contribution in [2.75, 3.05) is 0 Å². The van der Waals surface area contributed by atoms with Crippen LogP contribution in [0.5, 0.6) is 5.75 Å². The highest BCUT2D eigenvalue weighted by Crippen LogP contribution is 2.14. The third kappa shape index (κ3) is 1.66. The van der Waals surface area contributed by atoms with Crippen molar-refractivity contribution in [1.29, 1.82) is 0 Å². The molecule has 0 radical (unpaired) electrons. The molecule has 0 aliphatic heterocycles. The Kier molecular flexibility index (Phi) is 2.40. The van der Waals surface area contributed by atoms with Crippen LogP contribution in [0.2, 0.25) is 0 Å². The number of aliphatic hydroxyl groups is 2. The summed E-state index contributed by atoms with van der Waals surface area (Å²) in [6.45, 7) is -0.507. The lowest BCUT2D eigenvalue weighted by molar-refractivity contribution is 0.260. The number of aromatic hydroxyl groups is 1. The van der Waals surface area contributed by atoms with Gasteiger partial charge in [0.25, 0.3) is 0 Å². The van der Waals surface area contributed by atoms with Crippen LogP contribution in [0.15, 0.2) is 12.1 Å². The average molecular weight is 155 g/mol. The molecule has 1 aromatic rings. The van der Waals surface area contributed by atoms with Gasteiger partial charge in [-0.2, -0.15) is 0 Å². The molecule has 0 aliphatic rings. The smallest absolute Gasteiger partial charge is 0.139 e. The molecule has 11 heavy (non-hydrogen) atoms. The van der Waals surface area contributed by atoms with Gasteiger partial charge in [-0.3, -0.25) is 0 Å². The highest BCUT2D eigenvalue weighted by molar-refractivity contribution is 5.26. The van der Waals surface area contributed by atoms with Crippen LogP contribution in [0.1, 0.15) is 11.4 Å². The summed E-state index contributed by atoms with van der Waals surface area (Å²) in [6.07, 6.45) is 0. The van der Waals surface area contributed by atoms with E-state index in [0.717, 1.165) is 0 Å². The molecule has 3 N–H and O–H groups in total. The molecule has 1 rings (SSSR count). The largest absolute Gasteiger partial charge is 0.506 e. The molecular formula is C7H9NO3. The van der Waals surface area contributed by atoms with E-state index in [1.807, 2.05) is 0 Å². The van der Waals surface area contributed by atoms with Gasteiger partial charge in [-0.25, -0.2) is 4.98 Å². The van der Waals surface area contributed by atoms with Gasteiger partial charge < -0.3 is 15.3 Å². The van der Waals surface area contributed by atoms with E-state index in [-0.39, 0.29) is 24.7 Å². The third-order valence-electron chi connectivity index (χ3n) is 1.32. The van der Waals surface area contributed by atoms with Crippen LogP contribution < -0.4 is 0 Å². The van der Waals surface area contributed by atoms with Gasteiger partial charge in [0.2, 0.25) is 0 Å². The number of pyridine rings is 1. The number of nitrogens with zero attached hydrogens (tertiary/aromatic N) is 1. The highest BCUT2D eigenvalue weighted by atomic mass is 16.3. The zero-order chi connectivity index (χ0) is 8.27. The van der Waals surface area contributed by atoms with Gasteiger partial charge >= 0.3 is 0 Å². The molecule has 1 heterocycles. The summed E-state index contributed by atoms with van der Waals surface area (Å²) in [6, 6.07) is 2.89. The van der Waals surface area contributed by atoms with E-state index in [2.05, 4.69) is 4.98 Å². The maximum Gasteiger partial charge on any atom is 0.139 e. The minimum atomic E-state index is -0.320. The first-order valence-corrected chi connectivity index (χ1v) is 3.17. The van der Waals surface area contributed by atoms with Gasteiger partial charge in [0.1, 0.15) is 11.4 Å². The molecule has 1 aromatic heterocycles. The normalized spacial score (nSPS) is 10.0. The lowest BCUT2D eigenvalue weighted by Gasteiger charge is -2.01. The molecule has 0 fully saturated rings. The van der Waals surface area contributed by atoms with E-state index >= 15 is 0 Å². The van der Waals surface area contributed by atoms with Gasteiger partial charge in [-0.05, 0) is 12.1 Å². The van der Waals surface area contributed by atoms with Gasteiger partial charge in [-0.1, -0.05) is 0 Å². The Labute approximate surface area is 63.8 Å². The van der Waals surface area contributed by atoms with Gasteiger partial charge in [-0.15, -0.1) is 0 Å². The van der Waals surface area contributed by atoms with E-state index in [1.54, 1.807) is 0 Å². The summed E-state index contributed by atoms with van der Waals surface area (Å²) in [5, 5.41) is 26.3. The van der Waals surface area contributed by atoms with Crippen LogP contribution in [0.4, 0.5) is 0 Å². The summed E-state index contributed by atoms with van der Waals surface area (Å²) in [5.41, 5.74) is 0.628. The summed E-state index contributed by atoms with van der Waals surface area (Å²) in [5.74, 6) is -0.0512. The van der Waals surface area contributed by atoms with Crippen LogP contribution in [0, 0.1) is 0 Å². The second-order valence-corrected chi connectivity index (χ2v) is 2.08. The van der Waals surface area contributed by atoms with Crippen LogP contribution in [-0.4, -0.2) is 20.3 Å². The van der Waals surface area contributed by atoms with Crippen LogP contribution in [-0.2, 0) is 13.2 Å². The first-order valence-electron chi connectivity index (χ1n) is 3.17. The zero-order valence-corrected chi connectivity index (χ0v) is 5.86. The average Bonchev–Trinajstić information content (AvgIpc) is 2.05. The summed E-state index contributed by atoms with van der Waals surface area (Å²) < 4.78 is 0. The lowest BCUT2D eigenvalue weighted by Crippen LogP contribution is -1.95. The number of aromatic nitrogens is 1. The highest BCUT2D eigenvalue weighted by Gasteiger charge is 2.01. The Morgan fingerprint density at radius 1 is 1.18 bits per heavy atom. The maximum atomic E-state index is 9.03. The Hall–Kier alpha value is -1.13. The maximum absolute atomic E-state index is 9.03. The van der Waals surface area contributed by atoms with Crippen LogP contribution in [0.25, 0.3) is 0 Å². The minimum absolute atomic E-state index is 0.0512. The van der Waals surface area contributed by atoms with Crippen molar-refractivity contribution in [1.82, 2.24) is 4.98 Å². The van der Waals surface area contributed by atoms with E-state index in [4.69, 9.17) is 15.3 Å². The molecule has 0 aliphatic carbocycles. The van der Waals surface area contributed by atoms with Crippen molar-refractivity contribution in [2.45, 2.75) is 13.2 Å². The first-order chi connectivity index (χ1) is 5.27. The predicted octanol–water partition coefficient (Wildman–Crippen LogP) is -0.228. The molecular weight excluding hydrogens is 146 g/mol. The summed E-state index contributed by atoms with van der Waals surface area (Å²) >= 11 is 0. The Balaban J connectivity index is 3.02. The minimum Gasteiger partial charge on any atom is -0.506 e. The van der Waals surface area contributed by atoms with Crippen LogP contribution >= 0.6 is 0 Å². The summed E-state index contributed by atoms with van der Waals surface area (Å²) in [4.78, 5) is 3.76. The fraction of sp³-hybridized carbons (Fsp3) is 0.286. The molecule has 0 unspecified atom stereocenters. The van der Waals surface area contributed by atoms with E-state index in [0.29, 0.717) is 5.69 Å². The summed E-state index contributed by atoms with van der Waals surface area (Å²) in [7, 11) is 0. The van der Waals surface area contributed by atoms with E-state index < -0.39 is 0 Å². The molecule has 4 nitrogen and oxygen atoms in total. The Morgan fingerprint density at radius 2 is 1.91 bits per heavy atom. The second kappa shape index (κ2) is 3.32. The first kappa shape index (κ1) is 7.97. The molecule has 0 amide bonds. The van der Waals surface area contributed by atoms with E-state index in [1.165, 1.54) is 12.1 Å². The third-order valence-corrected chi connectivity index (χ3v) is 1.32. The topological polar surface area (TPSA) is 73.6 Å². The molecule has 0 aromatic carbocycles. The Morgan fingerprint density at radius 3 is 2.45 bits per heavy atom. The van der Waals surface area contributed by atoms with Crippen LogP contribution in [0.3, 0.4) is 0 Å². The van der Waals surface area contributed by atoms with Crippen molar-refractivity contribution in [3.63, 3.8) is 0 Å². The predicted molar refractivity (Wildman–Crippen MR) is 37.7 cm³/mol. The molecule has 0 spiro atoms. The molecule has 0 bridgehead atoms. The van der Waals surface area contributed by atoms with Crippen molar-refractivity contribution in [2.24, 2.45) is 0 Å².